The third-order valence-electron chi connectivity index (χ3n) is 3.92. The molecule has 0 saturated carbocycles. The van der Waals surface area contributed by atoms with Gasteiger partial charge in [0.05, 0.1) is 12.0 Å². The van der Waals surface area contributed by atoms with E-state index in [0.29, 0.717) is 16.2 Å². The van der Waals surface area contributed by atoms with E-state index in [0.717, 1.165) is 22.2 Å². The van der Waals surface area contributed by atoms with Crippen LogP contribution in [-0.4, -0.2) is 42.2 Å². The van der Waals surface area contributed by atoms with Crippen LogP contribution in [0.5, 0.6) is 5.75 Å². The molecule has 3 amide bonds. The molecule has 0 spiro atoms. The van der Waals surface area contributed by atoms with Gasteiger partial charge >= 0.3 is 0 Å². The highest BCUT2D eigenvalue weighted by molar-refractivity contribution is 8.18. The van der Waals surface area contributed by atoms with Crippen molar-refractivity contribution in [2.24, 2.45) is 0 Å². The maximum Gasteiger partial charge on any atom is 0.293 e. The van der Waals surface area contributed by atoms with Gasteiger partial charge in [-0.2, -0.15) is 0 Å². The van der Waals surface area contributed by atoms with Crippen molar-refractivity contribution in [1.82, 2.24) is 10.2 Å². The highest BCUT2D eigenvalue weighted by Gasteiger charge is 2.34. The zero-order valence-electron chi connectivity index (χ0n) is 14.7. The second-order valence-corrected chi connectivity index (χ2v) is 6.73. The highest BCUT2D eigenvalue weighted by Crippen LogP contribution is 2.31. The number of benzene rings is 2. The first kappa shape index (κ1) is 18.7. The minimum absolute atomic E-state index is 0.118. The number of imide groups is 1. The van der Waals surface area contributed by atoms with Gasteiger partial charge < -0.3 is 10.1 Å². The Labute approximate surface area is 161 Å². The molecule has 0 bridgehead atoms. The zero-order valence-corrected chi connectivity index (χ0v) is 15.5. The molecule has 1 heterocycles. The molecule has 2 aromatic rings. The molecule has 0 radical (unpaired) electrons. The van der Waals surface area contributed by atoms with Gasteiger partial charge in [-0.1, -0.05) is 36.4 Å². The number of nitrogens with zero attached hydrogens (tertiary/aromatic N) is 1. The third kappa shape index (κ3) is 4.57. The minimum atomic E-state index is -0.343. The van der Waals surface area contributed by atoms with E-state index < -0.39 is 0 Å². The van der Waals surface area contributed by atoms with Crippen LogP contribution in [0, 0.1) is 0 Å². The minimum Gasteiger partial charge on any atom is -0.497 e. The fraction of sp³-hybridized carbons (Fsp3) is 0.150. The van der Waals surface area contributed by atoms with Crippen LogP contribution in [-0.2, 0) is 4.79 Å². The van der Waals surface area contributed by atoms with Gasteiger partial charge in [0, 0.05) is 18.7 Å². The largest absolute Gasteiger partial charge is 0.497 e. The summed E-state index contributed by atoms with van der Waals surface area (Å²) in [5.41, 5.74) is 1.31. The first-order valence-corrected chi connectivity index (χ1v) is 9.13. The Morgan fingerprint density at radius 2 is 1.93 bits per heavy atom. The molecule has 1 aliphatic rings. The van der Waals surface area contributed by atoms with Gasteiger partial charge in [0.1, 0.15) is 5.75 Å². The van der Waals surface area contributed by atoms with Gasteiger partial charge in [-0.25, -0.2) is 0 Å². The lowest BCUT2D eigenvalue weighted by Gasteiger charge is -2.13. The first-order valence-electron chi connectivity index (χ1n) is 8.31. The topological polar surface area (TPSA) is 75.7 Å². The third-order valence-corrected chi connectivity index (χ3v) is 4.83. The van der Waals surface area contributed by atoms with E-state index in [1.165, 1.54) is 7.11 Å². The van der Waals surface area contributed by atoms with Gasteiger partial charge in [0.25, 0.3) is 17.1 Å². The van der Waals surface area contributed by atoms with E-state index in [2.05, 4.69) is 5.32 Å². The summed E-state index contributed by atoms with van der Waals surface area (Å²) in [7, 11) is 1.53. The van der Waals surface area contributed by atoms with Crippen LogP contribution < -0.4 is 10.1 Å². The monoisotopic (exact) mass is 382 g/mol. The lowest BCUT2D eigenvalue weighted by Crippen LogP contribution is -2.37. The summed E-state index contributed by atoms with van der Waals surface area (Å²) in [5.74, 6) is -0.0511. The van der Waals surface area contributed by atoms with Gasteiger partial charge in [0.15, 0.2) is 0 Å². The van der Waals surface area contributed by atoms with Crippen LogP contribution in [0.2, 0.25) is 0 Å². The second-order valence-electron chi connectivity index (χ2n) is 5.73. The Hall–Kier alpha value is -3.06. The molecule has 0 atom stereocenters. The molecule has 0 unspecified atom stereocenters. The lowest BCUT2D eigenvalue weighted by molar-refractivity contribution is -0.122. The Morgan fingerprint density at radius 1 is 1.15 bits per heavy atom. The quantitative estimate of drug-likeness (QED) is 0.777. The van der Waals surface area contributed by atoms with Crippen molar-refractivity contribution >= 4 is 34.9 Å². The van der Waals surface area contributed by atoms with Gasteiger partial charge in [-0.15, -0.1) is 0 Å². The summed E-state index contributed by atoms with van der Waals surface area (Å²) in [4.78, 5) is 38.3. The van der Waals surface area contributed by atoms with Gasteiger partial charge in [0.2, 0.25) is 0 Å². The summed E-state index contributed by atoms with van der Waals surface area (Å²) in [6.45, 7) is 0.291. The molecular formula is C20H18N2O4S. The Kier molecular flexibility index (Phi) is 5.93. The van der Waals surface area contributed by atoms with Crippen LogP contribution in [0.15, 0.2) is 59.5 Å². The van der Waals surface area contributed by atoms with Crippen LogP contribution in [0.4, 0.5) is 4.79 Å². The first-order chi connectivity index (χ1) is 13.1. The number of ether oxygens (including phenoxy) is 1. The molecule has 3 rings (SSSR count). The SMILES string of the molecule is COc1cccc(C(=O)NCCN2C(=O)S/C(=C\c3ccccc3)C2=O)c1. The summed E-state index contributed by atoms with van der Waals surface area (Å²) in [5, 5.41) is 2.38. The van der Waals surface area contributed by atoms with Gasteiger partial charge in [-0.3, -0.25) is 19.3 Å². The van der Waals surface area contributed by atoms with Crippen LogP contribution in [0.25, 0.3) is 6.08 Å². The highest BCUT2D eigenvalue weighted by atomic mass is 32.2. The molecule has 0 aliphatic carbocycles. The van der Waals surface area contributed by atoms with E-state index in [-0.39, 0.29) is 30.1 Å². The smallest absolute Gasteiger partial charge is 0.293 e. The number of rotatable bonds is 6. The van der Waals surface area contributed by atoms with E-state index in [1.54, 1.807) is 30.3 Å². The Morgan fingerprint density at radius 3 is 2.67 bits per heavy atom. The fourth-order valence-corrected chi connectivity index (χ4v) is 3.41. The maximum absolute atomic E-state index is 12.4. The summed E-state index contributed by atoms with van der Waals surface area (Å²) < 4.78 is 5.09. The van der Waals surface area contributed by atoms with Crippen LogP contribution in [0.1, 0.15) is 15.9 Å². The number of thioether (sulfide) groups is 1. The maximum atomic E-state index is 12.4. The molecule has 1 N–H and O–H groups in total. The molecule has 7 heteroatoms. The molecular weight excluding hydrogens is 364 g/mol. The summed E-state index contributed by atoms with van der Waals surface area (Å²) >= 11 is 0.906. The predicted octanol–water partition coefficient (Wildman–Crippen LogP) is 3.16. The number of methoxy groups -OCH3 is 1. The Balaban J connectivity index is 1.58. The van der Waals surface area contributed by atoms with E-state index in [4.69, 9.17) is 4.74 Å². The zero-order chi connectivity index (χ0) is 19.2. The molecule has 27 heavy (non-hydrogen) atoms. The molecule has 138 valence electrons. The normalized spacial score (nSPS) is 15.3. The number of carbonyl (C=O) groups is 3. The van der Waals surface area contributed by atoms with Crippen molar-refractivity contribution in [2.45, 2.75) is 0 Å². The molecule has 1 aliphatic heterocycles. The lowest BCUT2D eigenvalue weighted by atomic mass is 10.2. The van der Waals surface area contributed by atoms with Crippen molar-refractivity contribution in [3.63, 3.8) is 0 Å². The van der Waals surface area contributed by atoms with Crippen molar-refractivity contribution in [3.8, 4) is 5.75 Å². The van der Waals surface area contributed by atoms with Crippen LogP contribution >= 0.6 is 11.8 Å². The van der Waals surface area contributed by atoms with Crippen molar-refractivity contribution in [1.29, 1.82) is 0 Å². The average Bonchev–Trinajstić information content (AvgIpc) is 2.96. The predicted molar refractivity (Wildman–Crippen MR) is 104 cm³/mol. The van der Waals surface area contributed by atoms with Gasteiger partial charge in [-0.05, 0) is 41.6 Å². The molecule has 2 aromatic carbocycles. The number of amides is 3. The fourth-order valence-electron chi connectivity index (χ4n) is 2.54. The molecule has 1 fully saturated rings. The molecule has 6 nitrogen and oxygen atoms in total. The number of nitrogens with one attached hydrogen (secondary N) is 1. The number of hydrogen-bond acceptors (Lipinski definition) is 5. The summed E-state index contributed by atoms with van der Waals surface area (Å²) in [6.07, 6.45) is 1.69. The average molecular weight is 382 g/mol. The number of carbonyl (C=O) groups excluding carboxylic acids is 3. The van der Waals surface area contributed by atoms with E-state index in [9.17, 15) is 14.4 Å². The van der Waals surface area contributed by atoms with E-state index in [1.807, 2.05) is 30.3 Å². The van der Waals surface area contributed by atoms with Crippen molar-refractivity contribution < 1.29 is 19.1 Å². The summed E-state index contributed by atoms with van der Waals surface area (Å²) in [6, 6.07) is 16.1. The molecule has 0 aromatic heterocycles. The van der Waals surface area contributed by atoms with Crippen molar-refractivity contribution in [2.75, 3.05) is 20.2 Å². The Bertz CT molecular complexity index is 896. The van der Waals surface area contributed by atoms with Crippen molar-refractivity contribution in [3.05, 3.63) is 70.6 Å². The standard InChI is InChI=1S/C20H18N2O4S/c1-26-16-9-5-8-15(13-16)18(23)21-10-11-22-19(24)17(27-20(22)25)12-14-6-3-2-4-7-14/h2-9,12-13H,10-11H2,1H3,(H,21,23)/b17-12-. The molecule has 1 saturated heterocycles. The van der Waals surface area contributed by atoms with Crippen LogP contribution in [0.3, 0.4) is 0 Å². The number of hydrogen-bond donors (Lipinski definition) is 1. The second kappa shape index (κ2) is 8.55. The van der Waals surface area contributed by atoms with E-state index >= 15 is 0 Å².